The van der Waals surface area contributed by atoms with Crippen LogP contribution in [0.15, 0.2) is 54.6 Å². The van der Waals surface area contributed by atoms with Crippen LogP contribution in [-0.4, -0.2) is 12.5 Å². The van der Waals surface area contributed by atoms with E-state index in [0.29, 0.717) is 5.75 Å². The summed E-state index contributed by atoms with van der Waals surface area (Å²) >= 11 is 0. The molecule has 0 aliphatic carbocycles. The molecule has 2 aromatic rings. The highest BCUT2D eigenvalue weighted by molar-refractivity contribution is 5.91. The second-order valence-electron chi connectivity index (χ2n) is 4.56. The fraction of sp³-hybridized carbons (Fsp3) is 0.188. The number of anilines is 1. The Hall–Kier alpha value is -2.33. The maximum Gasteiger partial charge on any atom is 0.262 e. The zero-order chi connectivity index (χ0) is 14.4. The molecule has 0 spiro atoms. The number of carbonyl (C=O) groups is 1. The van der Waals surface area contributed by atoms with Crippen molar-refractivity contribution in [2.45, 2.75) is 13.0 Å². The molecule has 1 atom stereocenters. The van der Waals surface area contributed by atoms with E-state index in [4.69, 9.17) is 10.5 Å². The van der Waals surface area contributed by atoms with E-state index < -0.39 is 0 Å². The molecular formula is C16H18N2O2. The van der Waals surface area contributed by atoms with Crippen LogP contribution in [0.4, 0.5) is 5.69 Å². The number of para-hydroxylation sites is 1. The summed E-state index contributed by atoms with van der Waals surface area (Å²) in [5, 5.41) is 2.76. The van der Waals surface area contributed by atoms with Gasteiger partial charge in [-0.1, -0.05) is 30.3 Å². The van der Waals surface area contributed by atoms with Crippen molar-refractivity contribution in [1.82, 2.24) is 0 Å². The molecule has 2 aromatic carbocycles. The van der Waals surface area contributed by atoms with Crippen LogP contribution in [0, 0.1) is 0 Å². The van der Waals surface area contributed by atoms with Crippen molar-refractivity contribution in [3.8, 4) is 5.75 Å². The van der Waals surface area contributed by atoms with Crippen LogP contribution in [0.5, 0.6) is 5.75 Å². The lowest BCUT2D eigenvalue weighted by Gasteiger charge is -2.09. The monoisotopic (exact) mass is 270 g/mol. The Balaban J connectivity index is 1.84. The van der Waals surface area contributed by atoms with Crippen LogP contribution in [0.1, 0.15) is 18.5 Å². The van der Waals surface area contributed by atoms with Gasteiger partial charge in [0.2, 0.25) is 0 Å². The van der Waals surface area contributed by atoms with Gasteiger partial charge in [-0.05, 0) is 36.8 Å². The first kappa shape index (κ1) is 14.1. The van der Waals surface area contributed by atoms with E-state index in [9.17, 15) is 4.79 Å². The molecule has 0 saturated heterocycles. The summed E-state index contributed by atoms with van der Waals surface area (Å²) in [6, 6.07) is 16.7. The number of nitrogens with two attached hydrogens (primary N) is 1. The molecule has 0 aliphatic heterocycles. The molecule has 104 valence electrons. The smallest absolute Gasteiger partial charge is 0.262 e. The fourth-order valence-electron chi connectivity index (χ4n) is 1.74. The standard InChI is InChI=1S/C16H18N2O2/c1-12(17)13-7-9-15(10-8-13)20-11-16(19)18-14-5-3-2-4-6-14/h2-10,12H,11,17H2,1H3,(H,18,19). The summed E-state index contributed by atoms with van der Waals surface area (Å²) in [4.78, 5) is 11.7. The number of nitrogens with one attached hydrogen (secondary N) is 1. The molecule has 0 bridgehead atoms. The Labute approximate surface area is 118 Å². The highest BCUT2D eigenvalue weighted by Crippen LogP contribution is 2.16. The minimum Gasteiger partial charge on any atom is -0.484 e. The van der Waals surface area contributed by atoms with Gasteiger partial charge in [-0.25, -0.2) is 0 Å². The number of rotatable bonds is 5. The quantitative estimate of drug-likeness (QED) is 0.878. The number of amides is 1. The Bertz CT molecular complexity index is 550. The second-order valence-corrected chi connectivity index (χ2v) is 4.56. The van der Waals surface area contributed by atoms with Gasteiger partial charge in [-0.15, -0.1) is 0 Å². The Kier molecular flexibility index (Phi) is 4.74. The van der Waals surface area contributed by atoms with Gasteiger partial charge in [0.05, 0.1) is 0 Å². The first-order valence-electron chi connectivity index (χ1n) is 6.48. The molecule has 2 rings (SSSR count). The number of hydrogen-bond acceptors (Lipinski definition) is 3. The third kappa shape index (κ3) is 4.10. The Morgan fingerprint density at radius 1 is 1.15 bits per heavy atom. The highest BCUT2D eigenvalue weighted by Gasteiger charge is 2.04. The zero-order valence-electron chi connectivity index (χ0n) is 11.4. The van der Waals surface area contributed by atoms with E-state index in [1.54, 1.807) is 0 Å². The molecule has 20 heavy (non-hydrogen) atoms. The molecule has 0 saturated carbocycles. The van der Waals surface area contributed by atoms with E-state index in [2.05, 4.69) is 5.32 Å². The van der Waals surface area contributed by atoms with Gasteiger partial charge in [-0.2, -0.15) is 0 Å². The average molecular weight is 270 g/mol. The number of carbonyl (C=O) groups excluding carboxylic acids is 1. The summed E-state index contributed by atoms with van der Waals surface area (Å²) in [7, 11) is 0. The lowest BCUT2D eigenvalue weighted by molar-refractivity contribution is -0.118. The van der Waals surface area contributed by atoms with Gasteiger partial charge in [-0.3, -0.25) is 4.79 Å². The van der Waals surface area contributed by atoms with Gasteiger partial charge in [0.1, 0.15) is 5.75 Å². The van der Waals surface area contributed by atoms with Crippen LogP contribution in [0.2, 0.25) is 0 Å². The van der Waals surface area contributed by atoms with Crippen LogP contribution in [0.25, 0.3) is 0 Å². The van der Waals surface area contributed by atoms with E-state index in [1.807, 2.05) is 61.5 Å². The van der Waals surface area contributed by atoms with E-state index in [0.717, 1.165) is 11.3 Å². The first-order chi connectivity index (χ1) is 9.65. The van der Waals surface area contributed by atoms with Crippen LogP contribution in [0.3, 0.4) is 0 Å². The zero-order valence-corrected chi connectivity index (χ0v) is 11.4. The molecule has 1 amide bonds. The van der Waals surface area contributed by atoms with Gasteiger partial charge >= 0.3 is 0 Å². The van der Waals surface area contributed by atoms with Crippen molar-refractivity contribution in [3.63, 3.8) is 0 Å². The predicted molar refractivity (Wildman–Crippen MR) is 79.6 cm³/mol. The molecular weight excluding hydrogens is 252 g/mol. The number of ether oxygens (including phenoxy) is 1. The SMILES string of the molecule is CC(N)c1ccc(OCC(=O)Nc2ccccc2)cc1. The summed E-state index contributed by atoms with van der Waals surface area (Å²) in [5.41, 5.74) is 7.56. The van der Waals surface area contributed by atoms with Crippen molar-refractivity contribution in [2.24, 2.45) is 5.73 Å². The molecule has 0 fully saturated rings. The normalized spacial score (nSPS) is 11.7. The molecule has 0 aromatic heterocycles. The predicted octanol–water partition coefficient (Wildman–Crippen LogP) is 2.72. The maximum atomic E-state index is 11.7. The summed E-state index contributed by atoms with van der Waals surface area (Å²) in [6.07, 6.45) is 0. The van der Waals surface area contributed by atoms with Crippen molar-refractivity contribution in [1.29, 1.82) is 0 Å². The van der Waals surface area contributed by atoms with Crippen molar-refractivity contribution in [3.05, 3.63) is 60.2 Å². The molecule has 0 aliphatic rings. The van der Waals surface area contributed by atoms with Gasteiger partial charge in [0, 0.05) is 11.7 Å². The molecule has 0 heterocycles. The van der Waals surface area contributed by atoms with Crippen molar-refractivity contribution < 1.29 is 9.53 Å². The average Bonchev–Trinajstić information content (AvgIpc) is 2.46. The number of hydrogen-bond donors (Lipinski definition) is 2. The van der Waals surface area contributed by atoms with E-state index in [-0.39, 0.29) is 18.6 Å². The minimum atomic E-state index is -0.188. The van der Waals surface area contributed by atoms with Crippen LogP contribution < -0.4 is 15.8 Å². The summed E-state index contributed by atoms with van der Waals surface area (Å²) < 4.78 is 5.42. The van der Waals surface area contributed by atoms with Gasteiger partial charge in [0.15, 0.2) is 6.61 Å². The third-order valence-electron chi connectivity index (χ3n) is 2.83. The highest BCUT2D eigenvalue weighted by atomic mass is 16.5. The maximum absolute atomic E-state index is 11.7. The molecule has 3 N–H and O–H groups in total. The number of benzene rings is 2. The third-order valence-corrected chi connectivity index (χ3v) is 2.83. The first-order valence-corrected chi connectivity index (χ1v) is 6.48. The summed E-state index contributed by atoms with van der Waals surface area (Å²) in [5.74, 6) is 0.463. The lowest BCUT2D eigenvalue weighted by Crippen LogP contribution is -2.20. The largest absolute Gasteiger partial charge is 0.484 e. The van der Waals surface area contributed by atoms with Gasteiger partial charge < -0.3 is 15.8 Å². The Morgan fingerprint density at radius 2 is 1.80 bits per heavy atom. The van der Waals surface area contributed by atoms with E-state index >= 15 is 0 Å². The Morgan fingerprint density at radius 3 is 2.40 bits per heavy atom. The summed E-state index contributed by atoms with van der Waals surface area (Å²) in [6.45, 7) is 1.90. The van der Waals surface area contributed by atoms with Crippen LogP contribution in [-0.2, 0) is 4.79 Å². The van der Waals surface area contributed by atoms with Crippen molar-refractivity contribution in [2.75, 3.05) is 11.9 Å². The van der Waals surface area contributed by atoms with Gasteiger partial charge in [0.25, 0.3) is 5.91 Å². The van der Waals surface area contributed by atoms with Crippen LogP contribution >= 0.6 is 0 Å². The minimum absolute atomic E-state index is 0.00886. The molecule has 0 radical (unpaired) electrons. The lowest BCUT2D eigenvalue weighted by atomic mass is 10.1. The molecule has 4 heteroatoms. The molecule has 1 unspecified atom stereocenters. The topological polar surface area (TPSA) is 64.3 Å². The van der Waals surface area contributed by atoms with Crippen molar-refractivity contribution >= 4 is 11.6 Å². The fourth-order valence-corrected chi connectivity index (χ4v) is 1.74. The van der Waals surface area contributed by atoms with E-state index in [1.165, 1.54) is 0 Å². The second kappa shape index (κ2) is 6.73. The molecule has 4 nitrogen and oxygen atoms in total.